The van der Waals surface area contributed by atoms with E-state index in [2.05, 4.69) is 14.7 Å². The summed E-state index contributed by atoms with van der Waals surface area (Å²) in [6, 6.07) is 1.34. The van der Waals surface area contributed by atoms with Crippen LogP contribution in [0, 0.1) is 25.4 Å². The molecule has 1 aromatic carbocycles. The standard InChI is InChI=1S/C11H7N3O3/c1-7-8(2)11(14-6-16)10(17-4-12)3-9(7)13-5-15/h3H,1-2H3. The molecule has 0 radical (unpaired) electrons. The molecule has 0 bridgehead atoms. The lowest BCUT2D eigenvalue weighted by molar-refractivity contribution is 0.507. The highest BCUT2D eigenvalue weighted by atomic mass is 16.5. The fourth-order valence-corrected chi connectivity index (χ4v) is 1.33. The van der Waals surface area contributed by atoms with Gasteiger partial charge in [-0.3, -0.25) is 0 Å². The molecule has 1 rings (SSSR count). The van der Waals surface area contributed by atoms with Gasteiger partial charge in [-0.15, -0.1) is 5.26 Å². The Morgan fingerprint density at radius 1 is 1.18 bits per heavy atom. The van der Waals surface area contributed by atoms with Crippen molar-refractivity contribution in [2.45, 2.75) is 13.8 Å². The minimum absolute atomic E-state index is 0.0490. The molecule has 0 aliphatic rings. The van der Waals surface area contributed by atoms with Crippen LogP contribution in [-0.2, 0) is 9.59 Å². The average Bonchev–Trinajstić information content (AvgIpc) is 2.31. The van der Waals surface area contributed by atoms with E-state index < -0.39 is 0 Å². The molecule has 6 nitrogen and oxygen atoms in total. The van der Waals surface area contributed by atoms with E-state index in [0.29, 0.717) is 16.8 Å². The molecule has 0 unspecified atom stereocenters. The smallest absolute Gasteiger partial charge is 0.292 e. The molecule has 0 N–H and O–H groups in total. The Bertz CT molecular complexity index is 589. The van der Waals surface area contributed by atoms with Gasteiger partial charge in [0.2, 0.25) is 12.2 Å². The number of benzene rings is 1. The van der Waals surface area contributed by atoms with Gasteiger partial charge < -0.3 is 4.74 Å². The summed E-state index contributed by atoms with van der Waals surface area (Å²) in [5, 5.41) is 8.47. The van der Waals surface area contributed by atoms with E-state index >= 15 is 0 Å². The zero-order chi connectivity index (χ0) is 12.8. The number of hydrogen-bond acceptors (Lipinski definition) is 6. The lowest BCUT2D eigenvalue weighted by Gasteiger charge is -2.09. The molecule has 0 heterocycles. The second-order valence-corrected chi connectivity index (χ2v) is 3.09. The zero-order valence-corrected chi connectivity index (χ0v) is 9.14. The highest BCUT2D eigenvalue weighted by molar-refractivity contribution is 5.71. The number of rotatable bonds is 3. The summed E-state index contributed by atoms with van der Waals surface area (Å²) < 4.78 is 4.66. The highest BCUT2D eigenvalue weighted by Crippen LogP contribution is 2.38. The molecule has 84 valence electrons. The fraction of sp³-hybridized carbons (Fsp3) is 0.182. The minimum atomic E-state index is 0.0490. The Balaban J connectivity index is 3.61. The van der Waals surface area contributed by atoms with Crippen molar-refractivity contribution in [1.29, 1.82) is 5.26 Å². The van der Waals surface area contributed by atoms with Crippen molar-refractivity contribution < 1.29 is 14.3 Å². The van der Waals surface area contributed by atoms with Gasteiger partial charge in [-0.05, 0) is 25.0 Å². The van der Waals surface area contributed by atoms with Crippen molar-refractivity contribution in [2.75, 3.05) is 0 Å². The Labute approximate surface area is 96.9 Å². The van der Waals surface area contributed by atoms with Gasteiger partial charge in [0.05, 0.1) is 5.69 Å². The Morgan fingerprint density at radius 3 is 2.35 bits per heavy atom. The van der Waals surface area contributed by atoms with Gasteiger partial charge >= 0.3 is 0 Å². The third kappa shape index (κ3) is 2.44. The zero-order valence-electron chi connectivity index (χ0n) is 9.14. The number of nitriles is 1. The van der Waals surface area contributed by atoms with Crippen LogP contribution in [0.5, 0.6) is 5.75 Å². The van der Waals surface area contributed by atoms with Crippen LogP contribution >= 0.6 is 0 Å². The third-order valence-corrected chi connectivity index (χ3v) is 2.28. The summed E-state index contributed by atoms with van der Waals surface area (Å²) in [6.45, 7) is 3.37. The van der Waals surface area contributed by atoms with Gasteiger partial charge in [0.1, 0.15) is 5.69 Å². The van der Waals surface area contributed by atoms with Gasteiger partial charge in [-0.2, -0.15) is 9.98 Å². The monoisotopic (exact) mass is 229 g/mol. The number of ether oxygens (including phenoxy) is 1. The predicted octanol–water partition coefficient (Wildman–Crippen LogP) is 2.10. The molecule has 0 amide bonds. The van der Waals surface area contributed by atoms with Gasteiger partial charge in [-0.1, -0.05) is 0 Å². The number of nitrogens with zero attached hydrogens (tertiary/aromatic N) is 3. The molecule has 6 heteroatoms. The van der Waals surface area contributed by atoms with Crippen molar-refractivity contribution in [3.8, 4) is 12.0 Å². The Morgan fingerprint density at radius 2 is 1.82 bits per heavy atom. The van der Waals surface area contributed by atoms with Crippen LogP contribution in [0.3, 0.4) is 0 Å². The summed E-state index contributed by atoms with van der Waals surface area (Å²) in [7, 11) is 0. The van der Waals surface area contributed by atoms with Crippen LogP contribution in [0.4, 0.5) is 11.4 Å². The molecule has 0 fully saturated rings. The summed E-state index contributed by atoms with van der Waals surface area (Å²) in [4.78, 5) is 27.5. The Hall–Kier alpha value is -2.73. The van der Waals surface area contributed by atoms with Gasteiger partial charge in [0, 0.05) is 6.07 Å². The molecule has 0 saturated carbocycles. The van der Waals surface area contributed by atoms with E-state index in [1.54, 1.807) is 13.8 Å². The van der Waals surface area contributed by atoms with E-state index in [1.165, 1.54) is 24.5 Å². The first-order valence-electron chi connectivity index (χ1n) is 4.51. The fourth-order valence-electron chi connectivity index (χ4n) is 1.33. The van der Waals surface area contributed by atoms with E-state index in [9.17, 15) is 9.59 Å². The van der Waals surface area contributed by atoms with E-state index in [4.69, 9.17) is 5.26 Å². The maximum Gasteiger partial charge on any atom is 0.292 e. The predicted molar refractivity (Wildman–Crippen MR) is 57.7 cm³/mol. The quantitative estimate of drug-likeness (QED) is 0.450. The maximum absolute atomic E-state index is 10.3. The summed E-state index contributed by atoms with van der Waals surface area (Å²) >= 11 is 0. The number of isocyanates is 2. The van der Waals surface area contributed by atoms with Crippen LogP contribution in [0.1, 0.15) is 11.1 Å². The second kappa shape index (κ2) is 5.38. The second-order valence-electron chi connectivity index (χ2n) is 3.09. The van der Waals surface area contributed by atoms with Crippen molar-refractivity contribution in [3.05, 3.63) is 17.2 Å². The molecule has 0 aliphatic carbocycles. The molecule has 17 heavy (non-hydrogen) atoms. The van der Waals surface area contributed by atoms with Gasteiger partial charge in [-0.25, -0.2) is 9.59 Å². The Kier molecular flexibility index (Phi) is 3.91. The molecule has 0 spiro atoms. The summed E-state index contributed by atoms with van der Waals surface area (Å²) in [5.74, 6) is 0.0490. The van der Waals surface area contributed by atoms with Crippen LogP contribution in [0.2, 0.25) is 0 Å². The topological polar surface area (TPSA) is 91.9 Å². The first kappa shape index (κ1) is 12.3. The van der Waals surface area contributed by atoms with Crippen LogP contribution in [0.25, 0.3) is 0 Å². The molecular formula is C11H7N3O3. The largest absolute Gasteiger partial charge is 0.386 e. The minimum Gasteiger partial charge on any atom is -0.386 e. The normalized spacial score (nSPS) is 8.53. The molecule has 0 atom stereocenters. The SMILES string of the molecule is Cc1c(N=C=O)cc(OC#N)c(N=C=O)c1C. The van der Waals surface area contributed by atoms with Crippen molar-refractivity contribution in [2.24, 2.45) is 9.98 Å². The van der Waals surface area contributed by atoms with Gasteiger partial charge in [0.25, 0.3) is 6.26 Å². The van der Waals surface area contributed by atoms with Gasteiger partial charge in [0.15, 0.2) is 5.75 Å². The van der Waals surface area contributed by atoms with E-state index in [1.807, 2.05) is 0 Å². The first-order chi connectivity index (χ1) is 8.15. The number of aliphatic imine (C=N–C) groups is 2. The average molecular weight is 229 g/mol. The van der Waals surface area contributed by atoms with Crippen LogP contribution in [-0.4, -0.2) is 12.2 Å². The number of carbonyl (C=O) groups excluding carboxylic acids is 2. The molecule has 0 aliphatic heterocycles. The molecule has 1 aromatic rings. The lowest BCUT2D eigenvalue weighted by atomic mass is 10.1. The summed E-state index contributed by atoms with van der Waals surface area (Å²) in [6.07, 6.45) is 4.25. The van der Waals surface area contributed by atoms with Crippen LogP contribution in [0.15, 0.2) is 16.1 Å². The third-order valence-electron chi connectivity index (χ3n) is 2.28. The summed E-state index contributed by atoms with van der Waals surface area (Å²) in [5.41, 5.74) is 1.74. The van der Waals surface area contributed by atoms with Crippen LogP contribution < -0.4 is 4.74 Å². The maximum atomic E-state index is 10.3. The van der Waals surface area contributed by atoms with Crippen molar-refractivity contribution >= 4 is 23.5 Å². The molecule has 0 saturated heterocycles. The first-order valence-corrected chi connectivity index (χ1v) is 4.51. The molecule has 0 aromatic heterocycles. The molecular weight excluding hydrogens is 222 g/mol. The lowest BCUT2D eigenvalue weighted by Crippen LogP contribution is -1.89. The number of hydrogen-bond donors (Lipinski definition) is 0. The van der Waals surface area contributed by atoms with E-state index in [0.717, 1.165) is 0 Å². The van der Waals surface area contributed by atoms with Crippen molar-refractivity contribution in [1.82, 2.24) is 0 Å². The van der Waals surface area contributed by atoms with E-state index in [-0.39, 0.29) is 11.4 Å². The highest BCUT2D eigenvalue weighted by Gasteiger charge is 2.13. The van der Waals surface area contributed by atoms with Crippen molar-refractivity contribution in [3.63, 3.8) is 0 Å².